The molecule has 0 N–H and O–H groups in total. The van der Waals surface area contributed by atoms with Crippen LogP contribution in [0.25, 0.3) is 0 Å². The molecule has 5 nitrogen and oxygen atoms in total. The highest BCUT2D eigenvalue weighted by Crippen LogP contribution is 2.31. The fourth-order valence-electron chi connectivity index (χ4n) is 4.18. The van der Waals surface area contributed by atoms with Crippen molar-refractivity contribution in [2.45, 2.75) is 51.9 Å². The molecule has 0 atom stereocenters. The van der Waals surface area contributed by atoms with Crippen molar-refractivity contribution in [3.8, 4) is 0 Å². The van der Waals surface area contributed by atoms with Gasteiger partial charge < -0.3 is 9.80 Å². The summed E-state index contributed by atoms with van der Waals surface area (Å²) in [6.07, 6.45) is 8.61. The van der Waals surface area contributed by atoms with Crippen molar-refractivity contribution in [1.29, 1.82) is 0 Å². The highest BCUT2D eigenvalue weighted by molar-refractivity contribution is 5.96. The lowest BCUT2D eigenvalue weighted by Crippen LogP contribution is -2.30. The predicted molar refractivity (Wildman–Crippen MR) is 118 cm³/mol. The van der Waals surface area contributed by atoms with Gasteiger partial charge >= 0.3 is 0 Å². The van der Waals surface area contributed by atoms with Crippen molar-refractivity contribution < 1.29 is 9.18 Å². The minimum absolute atomic E-state index is 0.105. The van der Waals surface area contributed by atoms with Crippen LogP contribution in [-0.4, -0.2) is 41.9 Å². The molecule has 2 aliphatic rings. The number of rotatable bonds is 9. The molecule has 160 valence electrons. The van der Waals surface area contributed by atoms with Gasteiger partial charge in [0.25, 0.3) is 0 Å². The molecule has 1 saturated heterocycles. The molecule has 2 aromatic rings. The summed E-state index contributed by atoms with van der Waals surface area (Å²) in [4.78, 5) is 25.8. The Labute approximate surface area is 178 Å². The van der Waals surface area contributed by atoms with Gasteiger partial charge in [0, 0.05) is 38.7 Å². The SMILES string of the molecule is CCCN(CC1CC1)c1cc(C(=O)Cc2ccc(N3CCCCC3)c(F)c2)ncn1. The lowest BCUT2D eigenvalue weighted by atomic mass is 10.0. The number of benzene rings is 1. The maximum atomic E-state index is 14.7. The number of hydrogen-bond donors (Lipinski definition) is 0. The van der Waals surface area contributed by atoms with E-state index in [1.54, 1.807) is 6.07 Å². The van der Waals surface area contributed by atoms with Crippen LogP contribution in [0, 0.1) is 11.7 Å². The van der Waals surface area contributed by atoms with Crippen LogP contribution in [0.2, 0.25) is 0 Å². The van der Waals surface area contributed by atoms with Crippen LogP contribution >= 0.6 is 0 Å². The largest absolute Gasteiger partial charge is 0.369 e. The van der Waals surface area contributed by atoms with Gasteiger partial charge in [-0.2, -0.15) is 0 Å². The molecule has 2 heterocycles. The average molecular weight is 411 g/mol. The lowest BCUT2D eigenvalue weighted by Gasteiger charge is -2.29. The average Bonchev–Trinajstić information content (AvgIpc) is 3.58. The van der Waals surface area contributed by atoms with Crippen LogP contribution in [0.4, 0.5) is 15.9 Å². The van der Waals surface area contributed by atoms with Crippen LogP contribution in [0.15, 0.2) is 30.6 Å². The van der Waals surface area contributed by atoms with Gasteiger partial charge in [0.15, 0.2) is 5.78 Å². The van der Waals surface area contributed by atoms with Crippen molar-refractivity contribution in [2.24, 2.45) is 5.92 Å². The molecular weight excluding hydrogens is 379 g/mol. The lowest BCUT2D eigenvalue weighted by molar-refractivity contribution is 0.0988. The van der Waals surface area contributed by atoms with E-state index in [-0.39, 0.29) is 18.0 Å². The second-order valence-electron chi connectivity index (χ2n) is 8.58. The number of carbonyl (C=O) groups excluding carboxylic acids is 1. The van der Waals surface area contributed by atoms with Crippen LogP contribution in [0.3, 0.4) is 0 Å². The molecule has 6 heteroatoms. The van der Waals surface area contributed by atoms with E-state index in [4.69, 9.17) is 0 Å². The predicted octanol–water partition coefficient (Wildman–Crippen LogP) is 4.66. The number of anilines is 2. The molecule has 0 amide bonds. The molecule has 0 radical (unpaired) electrons. The van der Waals surface area contributed by atoms with Gasteiger partial charge in [0.1, 0.15) is 23.7 Å². The quantitative estimate of drug-likeness (QED) is 0.563. The number of Topliss-reactive ketones (excluding diaryl/α,β-unsaturated/α-hetero) is 1. The zero-order valence-electron chi connectivity index (χ0n) is 17.8. The Morgan fingerprint density at radius 2 is 1.97 bits per heavy atom. The van der Waals surface area contributed by atoms with Gasteiger partial charge in [-0.05, 0) is 62.1 Å². The molecule has 30 heavy (non-hydrogen) atoms. The Kier molecular flexibility index (Phi) is 6.60. The summed E-state index contributed by atoms with van der Waals surface area (Å²) in [5.74, 6) is 1.21. The molecule has 1 aliphatic heterocycles. The van der Waals surface area contributed by atoms with Crippen LogP contribution < -0.4 is 9.80 Å². The molecule has 1 saturated carbocycles. The summed E-state index contributed by atoms with van der Waals surface area (Å²) in [7, 11) is 0. The summed E-state index contributed by atoms with van der Waals surface area (Å²) in [6.45, 7) is 5.85. The van der Waals surface area contributed by atoms with Gasteiger partial charge in [-0.1, -0.05) is 13.0 Å². The summed E-state index contributed by atoms with van der Waals surface area (Å²) in [5, 5.41) is 0. The first kappa shape index (κ1) is 20.8. The minimum Gasteiger partial charge on any atom is -0.369 e. The molecule has 1 aromatic carbocycles. The number of halogens is 1. The van der Waals surface area contributed by atoms with E-state index < -0.39 is 0 Å². The monoisotopic (exact) mass is 410 g/mol. The van der Waals surface area contributed by atoms with Crippen molar-refractivity contribution in [3.05, 3.63) is 47.7 Å². The highest BCUT2D eigenvalue weighted by atomic mass is 19.1. The molecule has 4 rings (SSSR count). The first-order valence-corrected chi connectivity index (χ1v) is 11.3. The van der Waals surface area contributed by atoms with Gasteiger partial charge in [-0.25, -0.2) is 14.4 Å². The van der Waals surface area contributed by atoms with Crippen molar-refractivity contribution in [2.75, 3.05) is 36.0 Å². The summed E-state index contributed by atoms with van der Waals surface area (Å²) in [5.41, 5.74) is 1.73. The number of piperidine rings is 1. The summed E-state index contributed by atoms with van der Waals surface area (Å²) >= 11 is 0. The maximum absolute atomic E-state index is 14.7. The second-order valence-corrected chi connectivity index (χ2v) is 8.58. The topological polar surface area (TPSA) is 49.3 Å². The van der Waals surface area contributed by atoms with Crippen LogP contribution in [0.5, 0.6) is 0 Å². The number of aromatic nitrogens is 2. The summed E-state index contributed by atoms with van der Waals surface area (Å²) < 4.78 is 14.7. The van der Waals surface area contributed by atoms with Crippen LogP contribution in [-0.2, 0) is 6.42 Å². The molecule has 1 aliphatic carbocycles. The number of hydrogen-bond acceptors (Lipinski definition) is 5. The highest BCUT2D eigenvalue weighted by Gasteiger charge is 2.25. The fourth-order valence-corrected chi connectivity index (χ4v) is 4.18. The Morgan fingerprint density at radius 3 is 2.67 bits per heavy atom. The third kappa shape index (κ3) is 5.15. The Balaban J connectivity index is 1.45. The van der Waals surface area contributed by atoms with Gasteiger partial charge in [-0.3, -0.25) is 4.79 Å². The molecule has 0 unspecified atom stereocenters. The van der Waals surface area contributed by atoms with Crippen molar-refractivity contribution in [3.63, 3.8) is 0 Å². The molecule has 2 fully saturated rings. The summed E-state index contributed by atoms with van der Waals surface area (Å²) in [6, 6.07) is 6.97. The molecule has 0 spiro atoms. The van der Waals surface area contributed by atoms with E-state index in [1.165, 1.54) is 31.7 Å². The van der Waals surface area contributed by atoms with E-state index in [9.17, 15) is 9.18 Å². The fraction of sp³-hybridized carbons (Fsp3) is 0.542. The van der Waals surface area contributed by atoms with E-state index in [1.807, 2.05) is 12.1 Å². The van der Waals surface area contributed by atoms with E-state index in [0.29, 0.717) is 16.9 Å². The third-order valence-corrected chi connectivity index (χ3v) is 6.00. The Bertz CT molecular complexity index is 877. The molecule has 0 bridgehead atoms. The van der Waals surface area contributed by atoms with Gasteiger partial charge in [0.05, 0.1) is 5.69 Å². The standard InChI is InChI=1S/C24H31FN4O/c1-2-10-29(16-18-6-7-18)24-15-21(26-17-27-24)23(30)14-19-8-9-22(20(25)13-19)28-11-4-3-5-12-28/h8-9,13,15,17-18H,2-7,10-12,14,16H2,1H3. The van der Waals surface area contributed by atoms with Gasteiger partial charge in [-0.15, -0.1) is 0 Å². The van der Waals surface area contributed by atoms with Crippen LogP contribution in [0.1, 0.15) is 61.5 Å². The first-order valence-electron chi connectivity index (χ1n) is 11.3. The maximum Gasteiger partial charge on any atom is 0.185 e. The van der Waals surface area contributed by atoms with E-state index >= 15 is 0 Å². The normalized spacial score (nSPS) is 16.5. The smallest absolute Gasteiger partial charge is 0.185 e. The minimum atomic E-state index is -0.246. The number of carbonyl (C=O) groups is 1. The number of nitrogens with zero attached hydrogens (tertiary/aromatic N) is 4. The van der Waals surface area contributed by atoms with E-state index in [2.05, 4.69) is 26.7 Å². The number of ketones is 1. The zero-order chi connectivity index (χ0) is 20.9. The second kappa shape index (κ2) is 9.54. The third-order valence-electron chi connectivity index (χ3n) is 6.00. The van der Waals surface area contributed by atoms with Gasteiger partial charge in [0.2, 0.25) is 0 Å². The van der Waals surface area contributed by atoms with Crippen molar-refractivity contribution in [1.82, 2.24) is 9.97 Å². The molecular formula is C24H31FN4O. The van der Waals surface area contributed by atoms with E-state index in [0.717, 1.165) is 57.2 Å². The Morgan fingerprint density at radius 1 is 1.17 bits per heavy atom. The zero-order valence-corrected chi connectivity index (χ0v) is 17.8. The molecule has 1 aromatic heterocycles. The Hall–Kier alpha value is -2.50. The first-order chi connectivity index (χ1) is 14.6. The van der Waals surface area contributed by atoms with Crippen molar-refractivity contribution >= 4 is 17.3 Å².